The van der Waals surface area contributed by atoms with Crippen molar-refractivity contribution in [1.82, 2.24) is 14.8 Å². The van der Waals surface area contributed by atoms with Gasteiger partial charge < -0.3 is 15.2 Å². The number of carboxylic acid groups (broad SMARTS) is 1. The monoisotopic (exact) mass is 456 g/mol. The van der Waals surface area contributed by atoms with E-state index in [-0.39, 0.29) is 23.0 Å². The van der Waals surface area contributed by atoms with Crippen LogP contribution in [0.2, 0.25) is 0 Å². The third kappa shape index (κ3) is 5.94. The molecular formula is C22H21FN4O4S. The lowest BCUT2D eigenvalue weighted by Gasteiger charge is -2.15. The van der Waals surface area contributed by atoms with Crippen LogP contribution in [-0.2, 0) is 11.3 Å². The smallest absolute Gasteiger partial charge is 0.335 e. The van der Waals surface area contributed by atoms with E-state index in [9.17, 15) is 14.0 Å². The number of hydrogen-bond acceptors (Lipinski definition) is 6. The summed E-state index contributed by atoms with van der Waals surface area (Å²) in [5.41, 5.74) is 0.634. The predicted molar refractivity (Wildman–Crippen MR) is 118 cm³/mol. The highest BCUT2D eigenvalue weighted by molar-refractivity contribution is 7.99. The molecule has 8 nitrogen and oxygen atoms in total. The van der Waals surface area contributed by atoms with E-state index in [2.05, 4.69) is 22.1 Å². The van der Waals surface area contributed by atoms with Gasteiger partial charge in [-0.1, -0.05) is 17.8 Å². The van der Waals surface area contributed by atoms with Crippen LogP contribution < -0.4 is 10.1 Å². The Labute approximate surface area is 188 Å². The minimum absolute atomic E-state index is 0.0726. The Kier molecular flexibility index (Phi) is 7.61. The van der Waals surface area contributed by atoms with Gasteiger partial charge in [0.2, 0.25) is 5.91 Å². The number of hydrogen-bond donors (Lipinski definition) is 2. The Balaban J connectivity index is 1.64. The van der Waals surface area contributed by atoms with Gasteiger partial charge in [0.1, 0.15) is 11.6 Å². The first-order valence-corrected chi connectivity index (χ1v) is 10.6. The maximum absolute atomic E-state index is 13.1. The molecule has 2 N–H and O–H groups in total. The first kappa shape index (κ1) is 23.0. The largest absolute Gasteiger partial charge is 0.483 e. The van der Waals surface area contributed by atoms with Crippen LogP contribution >= 0.6 is 11.8 Å². The first-order valence-electron chi connectivity index (χ1n) is 9.59. The molecule has 0 aliphatic heterocycles. The SMILES string of the molecule is C=CCn1c(SCC(=O)Nc2ccc(C(=O)O)cc2)nnc1C(C)Oc1ccc(F)cc1. The quantitative estimate of drug-likeness (QED) is 0.348. The summed E-state index contributed by atoms with van der Waals surface area (Å²) in [5, 5.41) is 20.5. The molecule has 1 heterocycles. The maximum atomic E-state index is 13.1. The zero-order valence-electron chi connectivity index (χ0n) is 17.2. The van der Waals surface area contributed by atoms with E-state index in [4.69, 9.17) is 9.84 Å². The molecule has 1 unspecified atom stereocenters. The fourth-order valence-corrected chi connectivity index (χ4v) is 3.56. The summed E-state index contributed by atoms with van der Waals surface area (Å²) in [6, 6.07) is 11.6. The minimum Gasteiger partial charge on any atom is -0.483 e. The summed E-state index contributed by atoms with van der Waals surface area (Å²) in [6.07, 6.45) is 1.22. The van der Waals surface area contributed by atoms with Crippen molar-refractivity contribution in [3.63, 3.8) is 0 Å². The number of ether oxygens (including phenoxy) is 1. The van der Waals surface area contributed by atoms with Crippen LogP contribution in [0.1, 0.15) is 29.2 Å². The number of thioether (sulfide) groups is 1. The average molecular weight is 456 g/mol. The van der Waals surface area contributed by atoms with Crippen LogP contribution in [0.3, 0.4) is 0 Å². The molecule has 2 aromatic carbocycles. The summed E-state index contributed by atoms with van der Waals surface area (Å²) in [5.74, 6) is -0.550. The van der Waals surface area contributed by atoms with E-state index in [1.54, 1.807) is 17.6 Å². The number of allylic oxidation sites excluding steroid dienone is 1. The number of rotatable bonds is 10. The van der Waals surface area contributed by atoms with E-state index in [1.165, 1.54) is 60.3 Å². The molecular weight excluding hydrogens is 435 g/mol. The number of amides is 1. The molecule has 3 rings (SSSR count). The average Bonchev–Trinajstić information content (AvgIpc) is 3.17. The molecule has 1 amide bonds. The Morgan fingerprint density at radius 3 is 2.53 bits per heavy atom. The highest BCUT2D eigenvalue weighted by atomic mass is 32.2. The molecule has 3 aromatic rings. The summed E-state index contributed by atoms with van der Waals surface area (Å²) < 4.78 is 20.7. The molecule has 0 spiro atoms. The summed E-state index contributed by atoms with van der Waals surface area (Å²) in [4.78, 5) is 23.2. The molecule has 0 aliphatic rings. The van der Waals surface area contributed by atoms with Gasteiger partial charge in [0.15, 0.2) is 17.1 Å². The fourth-order valence-electron chi connectivity index (χ4n) is 2.80. The zero-order chi connectivity index (χ0) is 23.1. The van der Waals surface area contributed by atoms with E-state index < -0.39 is 12.1 Å². The molecule has 1 atom stereocenters. The standard InChI is InChI=1S/C22H21FN4O4S/c1-3-12-27-20(14(2)31-18-10-6-16(23)7-11-18)25-26-22(27)32-13-19(28)24-17-8-4-15(5-9-17)21(29)30/h3-11,14H,1,12-13H2,2H3,(H,24,28)(H,29,30). The normalized spacial score (nSPS) is 11.6. The lowest BCUT2D eigenvalue weighted by atomic mass is 10.2. The number of anilines is 1. The van der Waals surface area contributed by atoms with Crippen molar-refractivity contribution >= 4 is 29.3 Å². The van der Waals surface area contributed by atoms with Crippen molar-refractivity contribution in [1.29, 1.82) is 0 Å². The molecule has 166 valence electrons. The van der Waals surface area contributed by atoms with Crippen molar-refractivity contribution in [2.45, 2.75) is 24.7 Å². The number of aromatic carboxylic acids is 1. The molecule has 0 bridgehead atoms. The van der Waals surface area contributed by atoms with Gasteiger partial charge in [-0.2, -0.15) is 0 Å². The predicted octanol–water partition coefficient (Wildman–Crippen LogP) is 4.17. The van der Waals surface area contributed by atoms with Crippen LogP contribution in [-0.4, -0.2) is 37.5 Å². The van der Waals surface area contributed by atoms with Gasteiger partial charge in [-0.15, -0.1) is 16.8 Å². The number of nitrogens with zero attached hydrogens (tertiary/aromatic N) is 3. The van der Waals surface area contributed by atoms with Crippen molar-refractivity contribution < 1.29 is 23.8 Å². The van der Waals surface area contributed by atoms with Crippen LogP contribution in [0.5, 0.6) is 5.75 Å². The number of carboxylic acids is 1. The van der Waals surface area contributed by atoms with Gasteiger partial charge in [0.05, 0.1) is 11.3 Å². The highest BCUT2D eigenvalue weighted by Gasteiger charge is 2.20. The second-order valence-electron chi connectivity index (χ2n) is 6.67. The third-order valence-electron chi connectivity index (χ3n) is 4.30. The lowest BCUT2D eigenvalue weighted by Crippen LogP contribution is -2.15. The number of halogens is 1. The van der Waals surface area contributed by atoms with Crippen LogP contribution in [0, 0.1) is 5.82 Å². The van der Waals surface area contributed by atoms with Gasteiger partial charge in [-0.05, 0) is 55.5 Å². The molecule has 32 heavy (non-hydrogen) atoms. The van der Waals surface area contributed by atoms with Gasteiger partial charge in [0, 0.05) is 12.2 Å². The second kappa shape index (κ2) is 10.6. The number of benzene rings is 2. The van der Waals surface area contributed by atoms with E-state index in [1.807, 2.05) is 0 Å². The van der Waals surface area contributed by atoms with Crippen LogP contribution in [0.25, 0.3) is 0 Å². The van der Waals surface area contributed by atoms with Gasteiger partial charge in [-0.3, -0.25) is 9.36 Å². The van der Waals surface area contributed by atoms with E-state index in [0.29, 0.717) is 29.0 Å². The Morgan fingerprint density at radius 2 is 1.91 bits per heavy atom. The van der Waals surface area contributed by atoms with Gasteiger partial charge >= 0.3 is 5.97 Å². The minimum atomic E-state index is -1.03. The van der Waals surface area contributed by atoms with Crippen molar-refractivity contribution in [2.75, 3.05) is 11.1 Å². The lowest BCUT2D eigenvalue weighted by molar-refractivity contribution is -0.113. The molecule has 0 radical (unpaired) electrons. The number of aromatic nitrogens is 3. The number of carbonyl (C=O) groups is 2. The summed E-state index contributed by atoms with van der Waals surface area (Å²) >= 11 is 1.20. The molecule has 10 heteroatoms. The van der Waals surface area contributed by atoms with E-state index >= 15 is 0 Å². The van der Waals surface area contributed by atoms with Crippen molar-refractivity contribution in [2.24, 2.45) is 0 Å². The van der Waals surface area contributed by atoms with Crippen LogP contribution in [0.15, 0.2) is 66.3 Å². The molecule has 1 aromatic heterocycles. The topological polar surface area (TPSA) is 106 Å². The van der Waals surface area contributed by atoms with Gasteiger partial charge in [-0.25, -0.2) is 9.18 Å². The third-order valence-corrected chi connectivity index (χ3v) is 5.26. The first-order chi connectivity index (χ1) is 15.4. The maximum Gasteiger partial charge on any atom is 0.335 e. The number of carbonyl (C=O) groups excluding carboxylic acids is 1. The molecule has 0 fully saturated rings. The highest BCUT2D eigenvalue weighted by Crippen LogP contribution is 2.25. The molecule has 0 saturated heterocycles. The summed E-state index contributed by atoms with van der Waals surface area (Å²) in [6.45, 7) is 5.97. The summed E-state index contributed by atoms with van der Waals surface area (Å²) in [7, 11) is 0. The van der Waals surface area contributed by atoms with Crippen molar-refractivity contribution in [3.05, 3.63) is 78.4 Å². The van der Waals surface area contributed by atoms with Gasteiger partial charge in [0.25, 0.3) is 0 Å². The fraction of sp³-hybridized carbons (Fsp3) is 0.182. The Bertz CT molecular complexity index is 1100. The number of nitrogens with one attached hydrogen (secondary N) is 1. The van der Waals surface area contributed by atoms with E-state index in [0.717, 1.165) is 0 Å². The second-order valence-corrected chi connectivity index (χ2v) is 7.62. The zero-order valence-corrected chi connectivity index (χ0v) is 18.0. The molecule has 0 aliphatic carbocycles. The van der Waals surface area contributed by atoms with Crippen molar-refractivity contribution in [3.8, 4) is 5.75 Å². The Hall–Kier alpha value is -3.66. The van der Waals surface area contributed by atoms with Crippen LogP contribution in [0.4, 0.5) is 10.1 Å². The molecule has 0 saturated carbocycles. The Morgan fingerprint density at radius 1 is 1.22 bits per heavy atom.